The molecule has 0 saturated heterocycles. The summed E-state index contributed by atoms with van der Waals surface area (Å²) in [7, 11) is 0. The van der Waals surface area contributed by atoms with Crippen LogP contribution in [0, 0.1) is 0 Å². The van der Waals surface area contributed by atoms with Gasteiger partial charge in [0.05, 0.1) is 4.88 Å². The summed E-state index contributed by atoms with van der Waals surface area (Å²) >= 11 is 1.43. The number of hydrogen-bond donors (Lipinski definition) is 1. The lowest BCUT2D eigenvalue weighted by Crippen LogP contribution is -2.25. The number of amides is 1. The van der Waals surface area contributed by atoms with E-state index >= 15 is 0 Å². The molecule has 0 unspecified atom stereocenters. The number of rotatable bonds is 5. The fourth-order valence-electron chi connectivity index (χ4n) is 2.27. The third-order valence-electron chi connectivity index (χ3n) is 3.40. The Labute approximate surface area is 136 Å². The van der Waals surface area contributed by atoms with E-state index in [1.165, 1.54) is 15.9 Å². The second-order valence-corrected chi connectivity index (χ2v) is 5.84. The van der Waals surface area contributed by atoms with Crippen LogP contribution in [0.1, 0.15) is 12.5 Å². The molecule has 0 spiro atoms. The number of nitrogens with zero attached hydrogens (tertiary/aromatic N) is 2. The Kier molecular flexibility index (Phi) is 4.38. The van der Waals surface area contributed by atoms with E-state index in [4.69, 9.17) is 4.52 Å². The maximum absolute atomic E-state index is 12.3. The van der Waals surface area contributed by atoms with Gasteiger partial charge in [-0.3, -0.25) is 9.32 Å². The zero-order valence-electron chi connectivity index (χ0n) is 12.5. The number of hydrogen-bond acceptors (Lipinski definition) is 5. The minimum atomic E-state index is -0.646. The van der Waals surface area contributed by atoms with Gasteiger partial charge in [0.25, 0.3) is 0 Å². The topological polar surface area (TPSA) is 77.1 Å². The SMILES string of the molecule is CCc1ccccc1NC(=O)Cn1c(-c2cccs2)noc1=O. The van der Waals surface area contributed by atoms with Crippen molar-refractivity contribution in [1.82, 2.24) is 9.72 Å². The number of carbonyl (C=O) groups is 1. The first-order chi connectivity index (χ1) is 11.2. The average molecular weight is 329 g/mol. The molecule has 0 saturated carbocycles. The number of carbonyl (C=O) groups excluding carboxylic acids is 1. The summed E-state index contributed by atoms with van der Waals surface area (Å²) in [6.07, 6.45) is 0.810. The first-order valence-electron chi connectivity index (χ1n) is 7.17. The highest BCUT2D eigenvalue weighted by molar-refractivity contribution is 7.13. The lowest BCUT2D eigenvalue weighted by Gasteiger charge is -2.10. The van der Waals surface area contributed by atoms with Crippen molar-refractivity contribution in [3.8, 4) is 10.7 Å². The van der Waals surface area contributed by atoms with Crippen molar-refractivity contribution < 1.29 is 9.32 Å². The van der Waals surface area contributed by atoms with Crippen LogP contribution < -0.4 is 11.1 Å². The fraction of sp³-hybridized carbons (Fsp3) is 0.188. The number of para-hydroxylation sites is 1. The third-order valence-corrected chi connectivity index (χ3v) is 4.27. The normalized spacial score (nSPS) is 10.7. The number of aryl methyl sites for hydroxylation is 1. The van der Waals surface area contributed by atoms with Crippen molar-refractivity contribution in [2.45, 2.75) is 19.9 Å². The minimum absolute atomic E-state index is 0.145. The van der Waals surface area contributed by atoms with Crippen LogP contribution in [0.2, 0.25) is 0 Å². The second-order valence-electron chi connectivity index (χ2n) is 4.89. The van der Waals surface area contributed by atoms with Crippen molar-refractivity contribution in [2.24, 2.45) is 0 Å². The number of thiophene rings is 1. The van der Waals surface area contributed by atoms with E-state index < -0.39 is 5.76 Å². The van der Waals surface area contributed by atoms with Crippen molar-refractivity contribution in [3.05, 3.63) is 57.9 Å². The molecule has 0 fully saturated rings. The lowest BCUT2D eigenvalue weighted by molar-refractivity contribution is -0.116. The van der Waals surface area contributed by atoms with Crippen LogP contribution in [0.15, 0.2) is 51.1 Å². The minimum Gasteiger partial charge on any atom is -0.324 e. The number of anilines is 1. The third kappa shape index (κ3) is 3.24. The van der Waals surface area contributed by atoms with Gasteiger partial charge in [-0.15, -0.1) is 11.3 Å². The zero-order chi connectivity index (χ0) is 16.2. The Hall–Kier alpha value is -2.67. The van der Waals surface area contributed by atoms with E-state index in [0.717, 1.165) is 22.5 Å². The van der Waals surface area contributed by atoms with Gasteiger partial charge < -0.3 is 5.32 Å². The summed E-state index contributed by atoms with van der Waals surface area (Å²) in [6.45, 7) is 1.87. The van der Waals surface area contributed by atoms with Crippen molar-refractivity contribution in [1.29, 1.82) is 0 Å². The van der Waals surface area contributed by atoms with Gasteiger partial charge in [-0.2, -0.15) is 0 Å². The van der Waals surface area contributed by atoms with Gasteiger partial charge in [0, 0.05) is 5.69 Å². The number of nitrogens with one attached hydrogen (secondary N) is 1. The Balaban J connectivity index is 1.81. The van der Waals surface area contributed by atoms with E-state index in [0.29, 0.717) is 5.82 Å². The second kappa shape index (κ2) is 6.62. The molecule has 1 amide bonds. The molecular weight excluding hydrogens is 314 g/mol. The maximum atomic E-state index is 12.3. The smallest absolute Gasteiger partial charge is 0.324 e. The summed E-state index contributed by atoms with van der Waals surface area (Å²) in [5.41, 5.74) is 1.79. The van der Waals surface area contributed by atoms with E-state index in [9.17, 15) is 9.59 Å². The van der Waals surface area contributed by atoms with Gasteiger partial charge in [0.2, 0.25) is 5.91 Å². The summed E-state index contributed by atoms with van der Waals surface area (Å²) in [6, 6.07) is 11.3. The molecule has 2 aromatic heterocycles. The molecule has 0 bridgehead atoms. The van der Waals surface area contributed by atoms with Crippen LogP contribution in [0.25, 0.3) is 10.7 Å². The summed E-state index contributed by atoms with van der Waals surface area (Å²) in [4.78, 5) is 24.9. The van der Waals surface area contributed by atoms with Crippen LogP contribution in [-0.2, 0) is 17.8 Å². The Morgan fingerprint density at radius 3 is 2.87 bits per heavy atom. The first kappa shape index (κ1) is 15.2. The molecule has 118 valence electrons. The molecular formula is C16H15N3O3S. The van der Waals surface area contributed by atoms with Gasteiger partial charge in [0.1, 0.15) is 6.54 Å². The molecule has 0 radical (unpaired) electrons. The quantitative estimate of drug-likeness (QED) is 0.781. The molecule has 2 heterocycles. The van der Waals surface area contributed by atoms with Gasteiger partial charge in [-0.05, 0) is 29.5 Å². The lowest BCUT2D eigenvalue weighted by atomic mass is 10.1. The van der Waals surface area contributed by atoms with E-state index in [2.05, 4.69) is 10.5 Å². The summed E-state index contributed by atoms with van der Waals surface area (Å²) < 4.78 is 5.93. The average Bonchev–Trinajstić information content (AvgIpc) is 3.19. The molecule has 7 heteroatoms. The monoisotopic (exact) mass is 329 g/mol. The first-order valence-corrected chi connectivity index (χ1v) is 8.05. The molecule has 6 nitrogen and oxygen atoms in total. The highest BCUT2D eigenvalue weighted by Gasteiger charge is 2.17. The van der Waals surface area contributed by atoms with Gasteiger partial charge in [-0.25, -0.2) is 9.36 Å². The van der Waals surface area contributed by atoms with Crippen LogP contribution in [0.4, 0.5) is 5.69 Å². The highest BCUT2D eigenvalue weighted by Crippen LogP contribution is 2.22. The molecule has 3 aromatic rings. The van der Waals surface area contributed by atoms with Crippen LogP contribution in [0.5, 0.6) is 0 Å². The Morgan fingerprint density at radius 2 is 2.13 bits per heavy atom. The van der Waals surface area contributed by atoms with Crippen molar-refractivity contribution in [2.75, 3.05) is 5.32 Å². The van der Waals surface area contributed by atoms with Gasteiger partial charge >= 0.3 is 5.76 Å². The van der Waals surface area contributed by atoms with E-state index in [1.54, 1.807) is 0 Å². The molecule has 23 heavy (non-hydrogen) atoms. The largest absolute Gasteiger partial charge is 0.442 e. The molecule has 0 aliphatic rings. The predicted octanol–water partition coefficient (Wildman–Crippen LogP) is 2.77. The maximum Gasteiger partial charge on any atom is 0.442 e. The molecule has 0 atom stereocenters. The summed E-state index contributed by atoms with van der Waals surface area (Å²) in [5.74, 6) is -0.578. The molecule has 1 aromatic carbocycles. The summed E-state index contributed by atoms with van der Waals surface area (Å²) in [5, 5.41) is 8.46. The number of benzene rings is 1. The van der Waals surface area contributed by atoms with Crippen molar-refractivity contribution in [3.63, 3.8) is 0 Å². The fourth-order valence-corrected chi connectivity index (χ4v) is 2.99. The Morgan fingerprint density at radius 1 is 1.30 bits per heavy atom. The van der Waals surface area contributed by atoms with Gasteiger partial charge in [0.15, 0.2) is 5.82 Å². The predicted molar refractivity (Wildman–Crippen MR) is 88.5 cm³/mol. The highest BCUT2D eigenvalue weighted by atomic mass is 32.1. The Bertz CT molecular complexity index is 865. The number of aromatic nitrogens is 2. The van der Waals surface area contributed by atoms with E-state index in [-0.39, 0.29) is 12.5 Å². The van der Waals surface area contributed by atoms with Crippen molar-refractivity contribution >= 4 is 22.9 Å². The van der Waals surface area contributed by atoms with E-state index in [1.807, 2.05) is 48.7 Å². The molecule has 3 rings (SSSR count). The van der Waals surface area contributed by atoms with Crippen LogP contribution in [-0.4, -0.2) is 15.6 Å². The molecule has 1 N–H and O–H groups in total. The van der Waals surface area contributed by atoms with Gasteiger partial charge in [-0.1, -0.05) is 36.3 Å². The standard InChI is InChI=1S/C16H15N3O3S/c1-2-11-6-3-4-7-12(11)17-14(20)10-19-15(18-22-16(19)21)13-8-5-9-23-13/h3-9H,2,10H2,1H3,(H,17,20). The van der Waals surface area contributed by atoms with Crippen LogP contribution in [0.3, 0.4) is 0 Å². The molecule has 0 aliphatic carbocycles. The van der Waals surface area contributed by atoms with Crippen LogP contribution >= 0.6 is 11.3 Å². The molecule has 0 aliphatic heterocycles. The zero-order valence-corrected chi connectivity index (χ0v) is 13.3.